The zero-order valence-electron chi connectivity index (χ0n) is 9.36. The first kappa shape index (κ1) is 11.8. The van der Waals surface area contributed by atoms with E-state index in [1.807, 2.05) is 13.1 Å². The third kappa shape index (κ3) is 2.83. The Labute approximate surface area is 89.5 Å². The highest BCUT2D eigenvalue weighted by Gasteiger charge is 2.12. The molecule has 0 aliphatic heterocycles. The number of esters is 1. The van der Waals surface area contributed by atoms with Gasteiger partial charge in [0.25, 0.3) is 0 Å². The minimum absolute atomic E-state index is 0.318. The molecule has 1 aromatic rings. The molecule has 0 aliphatic rings. The number of nitrogens with zero attached hydrogens (tertiary/aromatic N) is 1. The summed E-state index contributed by atoms with van der Waals surface area (Å²) in [6, 6.07) is 3.62. The molecule has 1 aromatic heterocycles. The number of ether oxygens (including phenoxy) is 1. The van der Waals surface area contributed by atoms with Crippen molar-refractivity contribution in [1.82, 2.24) is 4.57 Å². The minimum Gasteiger partial charge on any atom is -0.464 e. The highest BCUT2D eigenvalue weighted by molar-refractivity contribution is 5.87. The van der Waals surface area contributed by atoms with E-state index in [0.717, 1.165) is 12.1 Å². The maximum absolute atomic E-state index is 11.3. The zero-order valence-corrected chi connectivity index (χ0v) is 9.36. The standard InChI is InChI=1S/C11H17NO3/c1-8(13)4-5-9-6-7-10(12(9)2)11(14)15-3/h6-8,13H,4-5H2,1-3H3/t8-/m0/s1. The Bertz CT molecular complexity index is 342. The van der Waals surface area contributed by atoms with E-state index in [1.54, 1.807) is 17.6 Å². The van der Waals surface area contributed by atoms with E-state index in [0.29, 0.717) is 12.1 Å². The van der Waals surface area contributed by atoms with E-state index < -0.39 is 0 Å². The number of carbonyl (C=O) groups is 1. The molecule has 0 fully saturated rings. The normalized spacial score (nSPS) is 12.5. The van der Waals surface area contributed by atoms with Crippen molar-refractivity contribution in [2.75, 3.05) is 7.11 Å². The Morgan fingerprint density at radius 1 is 1.60 bits per heavy atom. The molecule has 84 valence electrons. The second kappa shape index (κ2) is 4.98. The molecule has 1 N–H and O–H groups in total. The van der Waals surface area contributed by atoms with Crippen molar-refractivity contribution in [3.05, 3.63) is 23.5 Å². The fourth-order valence-electron chi connectivity index (χ4n) is 1.47. The molecule has 0 saturated carbocycles. The number of rotatable bonds is 4. The summed E-state index contributed by atoms with van der Waals surface area (Å²) in [4.78, 5) is 11.3. The smallest absolute Gasteiger partial charge is 0.354 e. The maximum Gasteiger partial charge on any atom is 0.354 e. The SMILES string of the molecule is COC(=O)c1ccc(CC[C@H](C)O)n1C. The summed E-state index contributed by atoms with van der Waals surface area (Å²) in [5.74, 6) is -0.333. The van der Waals surface area contributed by atoms with Gasteiger partial charge in [-0.25, -0.2) is 4.79 Å². The van der Waals surface area contributed by atoms with Crippen molar-refractivity contribution < 1.29 is 14.6 Å². The summed E-state index contributed by atoms with van der Waals surface area (Å²) in [7, 11) is 3.19. The van der Waals surface area contributed by atoms with Gasteiger partial charge in [0.05, 0.1) is 13.2 Å². The first-order valence-electron chi connectivity index (χ1n) is 4.97. The summed E-state index contributed by atoms with van der Waals surface area (Å²) >= 11 is 0. The van der Waals surface area contributed by atoms with Crippen LogP contribution in [0.15, 0.2) is 12.1 Å². The monoisotopic (exact) mass is 211 g/mol. The van der Waals surface area contributed by atoms with Gasteiger partial charge in [0.15, 0.2) is 0 Å². The van der Waals surface area contributed by atoms with Crippen molar-refractivity contribution in [2.45, 2.75) is 25.9 Å². The number of aliphatic hydroxyl groups is 1. The molecular formula is C11H17NO3. The van der Waals surface area contributed by atoms with Crippen LogP contribution in [0, 0.1) is 0 Å². The second-order valence-electron chi connectivity index (χ2n) is 3.65. The predicted octanol–water partition coefficient (Wildman–Crippen LogP) is 1.13. The Morgan fingerprint density at radius 2 is 2.27 bits per heavy atom. The quantitative estimate of drug-likeness (QED) is 0.759. The summed E-state index contributed by atoms with van der Waals surface area (Å²) < 4.78 is 6.45. The van der Waals surface area contributed by atoms with Gasteiger partial charge in [-0.1, -0.05) is 0 Å². The van der Waals surface area contributed by atoms with Crippen LogP contribution in [0.1, 0.15) is 29.5 Å². The van der Waals surface area contributed by atoms with E-state index in [1.165, 1.54) is 7.11 Å². The molecule has 1 rings (SSSR count). The Kier molecular flexibility index (Phi) is 3.91. The number of carbonyl (C=O) groups excluding carboxylic acids is 1. The molecule has 1 heterocycles. The number of aromatic nitrogens is 1. The van der Waals surface area contributed by atoms with Crippen LogP contribution in [0.5, 0.6) is 0 Å². The first-order valence-corrected chi connectivity index (χ1v) is 4.97. The molecule has 1 atom stereocenters. The molecule has 0 aromatic carbocycles. The van der Waals surface area contributed by atoms with Gasteiger partial charge in [-0.05, 0) is 31.9 Å². The van der Waals surface area contributed by atoms with Gasteiger partial charge in [0.2, 0.25) is 0 Å². The van der Waals surface area contributed by atoms with Gasteiger partial charge < -0.3 is 14.4 Å². The number of aliphatic hydroxyl groups excluding tert-OH is 1. The van der Waals surface area contributed by atoms with E-state index in [2.05, 4.69) is 4.74 Å². The lowest BCUT2D eigenvalue weighted by molar-refractivity contribution is 0.0589. The van der Waals surface area contributed by atoms with Crippen molar-refractivity contribution in [3.63, 3.8) is 0 Å². The molecule has 4 heteroatoms. The zero-order chi connectivity index (χ0) is 11.4. The lowest BCUT2D eigenvalue weighted by Crippen LogP contribution is -2.10. The number of hydrogen-bond donors (Lipinski definition) is 1. The molecule has 4 nitrogen and oxygen atoms in total. The summed E-state index contributed by atoms with van der Waals surface area (Å²) in [6.45, 7) is 1.75. The highest BCUT2D eigenvalue weighted by atomic mass is 16.5. The molecular weight excluding hydrogens is 194 g/mol. The topological polar surface area (TPSA) is 51.5 Å². The van der Waals surface area contributed by atoms with E-state index in [9.17, 15) is 4.79 Å². The Morgan fingerprint density at radius 3 is 2.80 bits per heavy atom. The number of methoxy groups -OCH3 is 1. The van der Waals surface area contributed by atoms with Crippen LogP contribution in [0.25, 0.3) is 0 Å². The maximum atomic E-state index is 11.3. The molecule has 15 heavy (non-hydrogen) atoms. The van der Waals surface area contributed by atoms with Crippen LogP contribution in [-0.2, 0) is 18.2 Å². The first-order chi connectivity index (χ1) is 7.06. The predicted molar refractivity (Wildman–Crippen MR) is 56.8 cm³/mol. The van der Waals surface area contributed by atoms with Crippen LogP contribution in [0.3, 0.4) is 0 Å². The molecule has 0 spiro atoms. The largest absolute Gasteiger partial charge is 0.464 e. The van der Waals surface area contributed by atoms with Crippen LogP contribution in [0.4, 0.5) is 0 Å². The molecule has 0 bridgehead atoms. The lowest BCUT2D eigenvalue weighted by Gasteiger charge is -2.07. The van der Waals surface area contributed by atoms with Crippen molar-refractivity contribution in [2.24, 2.45) is 7.05 Å². The summed E-state index contributed by atoms with van der Waals surface area (Å²) in [5, 5.41) is 9.17. The highest BCUT2D eigenvalue weighted by Crippen LogP contribution is 2.11. The van der Waals surface area contributed by atoms with Crippen molar-refractivity contribution in [3.8, 4) is 0 Å². The van der Waals surface area contributed by atoms with Crippen LogP contribution < -0.4 is 0 Å². The number of aryl methyl sites for hydroxylation is 1. The van der Waals surface area contributed by atoms with Gasteiger partial charge in [-0.2, -0.15) is 0 Å². The fraction of sp³-hybridized carbons (Fsp3) is 0.545. The third-order valence-electron chi connectivity index (χ3n) is 2.44. The van der Waals surface area contributed by atoms with Gasteiger partial charge >= 0.3 is 5.97 Å². The van der Waals surface area contributed by atoms with E-state index >= 15 is 0 Å². The van der Waals surface area contributed by atoms with E-state index in [4.69, 9.17) is 5.11 Å². The van der Waals surface area contributed by atoms with Gasteiger partial charge in [-0.3, -0.25) is 0 Å². The van der Waals surface area contributed by atoms with Gasteiger partial charge in [-0.15, -0.1) is 0 Å². The van der Waals surface area contributed by atoms with Crippen LogP contribution in [0.2, 0.25) is 0 Å². The molecule has 0 amide bonds. The van der Waals surface area contributed by atoms with E-state index in [-0.39, 0.29) is 12.1 Å². The van der Waals surface area contributed by atoms with Gasteiger partial charge in [0, 0.05) is 12.7 Å². The average Bonchev–Trinajstić information content (AvgIpc) is 2.56. The summed E-state index contributed by atoms with van der Waals surface area (Å²) in [5.41, 5.74) is 1.56. The Hall–Kier alpha value is -1.29. The minimum atomic E-state index is -0.333. The fourth-order valence-corrected chi connectivity index (χ4v) is 1.47. The van der Waals surface area contributed by atoms with Crippen molar-refractivity contribution in [1.29, 1.82) is 0 Å². The Balaban J connectivity index is 2.75. The number of hydrogen-bond acceptors (Lipinski definition) is 3. The summed E-state index contributed by atoms with van der Waals surface area (Å²) in [6.07, 6.45) is 1.13. The second-order valence-corrected chi connectivity index (χ2v) is 3.65. The van der Waals surface area contributed by atoms with Crippen molar-refractivity contribution >= 4 is 5.97 Å². The molecule has 0 radical (unpaired) electrons. The van der Waals surface area contributed by atoms with Gasteiger partial charge in [0.1, 0.15) is 5.69 Å². The molecule has 0 saturated heterocycles. The molecule has 0 unspecified atom stereocenters. The third-order valence-corrected chi connectivity index (χ3v) is 2.44. The lowest BCUT2D eigenvalue weighted by atomic mass is 10.2. The average molecular weight is 211 g/mol. The van der Waals surface area contributed by atoms with Crippen LogP contribution >= 0.6 is 0 Å². The molecule has 0 aliphatic carbocycles. The van der Waals surface area contributed by atoms with Crippen LogP contribution in [-0.4, -0.2) is 28.9 Å².